The predicted octanol–water partition coefficient (Wildman–Crippen LogP) is 2.98. The molecule has 1 atom stereocenters. The van der Waals surface area contributed by atoms with Crippen LogP contribution in [0.3, 0.4) is 0 Å². The van der Waals surface area contributed by atoms with Crippen LogP contribution in [0.4, 0.5) is 5.82 Å². The fourth-order valence-electron chi connectivity index (χ4n) is 2.72. The van der Waals surface area contributed by atoms with Crippen LogP contribution in [-0.2, 0) is 11.2 Å². The van der Waals surface area contributed by atoms with Crippen molar-refractivity contribution in [2.75, 3.05) is 11.9 Å². The molecule has 6 nitrogen and oxygen atoms in total. The SMILES string of the molecule is CN(c1cc(-c2ccc(O)cc2)ncn1)[C@@H](Cc1ccccc1)C(=O)O. The van der Waals surface area contributed by atoms with E-state index in [-0.39, 0.29) is 5.75 Å². The molecule has 0 fully saturated rings. The molecule has 26 heavy (non-hydrogen) atoms. The van der Waals surface area contributed by atoms with Gasteiger partial charge in [0.2, 0.25) is 0 Å². The van der Waals surface area contributed by atoms with Crippen molar-refractivity contribution in [1.29, 1.82) is 0 Å². The van der Waals surface area contributed by atoms with Crippen LogP contribution in [0, 0.1) is 0 Å². The maximum atomic E-state index is 11.8. The Hall–Kier alpha value is -3.41. The van der Waals surface area contributed by atoms with E-state index < -0.39 is 12.0 Å². The minimum atomic E-state index is -0.916. The molecule has 0 spiro atoms. The standard InChI is InChI=1S/C20H19N3O3/c1-23(18(20(25)26)11-14-5-3-2-4-6-14)19-12-17(21-13-22-19)15-7-9-16(24)10-8-15/h2-10,12-13,18,24H,11H2,1H3,(H,25,26)/t18-/m0/s1. The Morgan fingerprint density at radius 1 is 1.08 bits per heavy atom. The van der Waals surface area contributed by atoms with Crippen LogP contribution in [0.1, 0.15) is 5.56 Å². The van der Waals surface area contributed by atoms with Crippen molar-refractivity contribution in [3.8, 4) is 17.0 Å². The van der Waals surface area contributed by atoms with Crippen LogP contribution in [-0.4, -0.2) is 39.2 Å². The Balaban J connectivity index is 1.87. The van der Waals surface area contributed by atoms with Crippen molar-refractivity contribution in [1.82, 2.24) is 9.97 Å². The predicted molar refractivity (Wildman–Crippen MR) is 99.1 cm³/mol. The highest BCUT2D eigenvalue weighted by Gasteiger charge is 2.24. The van der Waals surface area contributed by atoms with Gasteiger partial charge in [-0.05, 0) is 29.8 Å². The van der Waals surface area contributed by atoms with E-state index in [0.29, 0.717) is 17.9 Å². The lowest BCUT2D eigenvalue weighted by atomic mass is 10.0. The second-order valence-electron chi connectivity index (χ2n) is 5.96. The Kier molecular flexibility index (Phi) is 5.12. The highest BCUT2D eigenvalue weighted by atomic mass is 16.4. The zero-order chi connectivity index (χ0) is 18.5. The number of carboxylic acids is 1. The van der Waals surface area contributed by atoms with E-state index in [2.05, 4.69) is 9.97 Å². The number of nitrogens with zero attached hydrogens (tertiary/aromatic N) is 3. The quantitative estimate of drug-likeness (QED) is 0.711. The van der Waals surface area contributed by atoms with E-state index in [4.69, 9.17) is 0 Å². The number of carbonyl (C=O) groups is 1. The van der Waals surface area contributed by atoms with Gasteiger partial charge in [0.1, 0.15) is 23.9 Å². The summed E-state index contributed by atoms with van der Waals surface area (Å²) < 4.78 is 0. The van der Waals surface area contributed by atoms with E-state index in [0.717, 1.165) is 11.1 Å². The zero-order valence-electron chi connectivity index (χ0n) is 14.3. The molecular weight excluding hydrogens is 330 g/mol. The van der Waals surface area contributed by atoms with E-state index in [9.17, 15) is 15.0 Å². The molecule has 0 aliphatic carbocycles. The molecule has 0 aliphatic rings. The largest absolute Gasteiger partial charge is 0.508 e. The van der Waals surface area contributed by atoms with Gasteiger partial charge in [0.05, 0.1) is 5.69 Å². The second kappa shape index (κ2) is 7.65. The van der Waals surface area contributed by atoms with Crippen LogP contribution >= 0.6 is 0 Å². The first kappa shape index (κ1) is 17.4. The summed E-state index contributed by atoms with van der Waals surface area (Å²) in [4.78, 5) is 21.9. The van der Waals surface area contributed by atoms with Gasteiger partial charge < -0.3 is 15.1 Å². The van der Waals surface area contributed by atoms with Crippen molar-refractivity contribution in [2.24, 2.45) is 0 Å². The molecule has 2 aromatic carbocycles. The summed E-state index contributed by atoms with van der Waals surface area (Å²) in [5.41, 5.74) is 2.42. The third kappa shape index (κ3) is 3.97. The molecule has 0 bridgehead atoms. The minimum absolute atomic E-state index is 0.175. The first-order valence-corrected chi connectivity index (χ1v) is 8.15. The number of anilines is 1. The summed E-state index contributed by atoms with van der Waals surface area (Å²) in [6.07, 6.45) is 1.78. The third-order valence-corrected chi connectivity index (χ3v) is 4.20. The third-order valence-electron chi connectivity index (χ3n) is 4.20. The molecule has 0 unspecified atom stereocenters. The van der Waals surface area contributed by atoms with Crippen LogP contribution in [0.15, 0.2) is 67.0 Å². The van der Waals surface area contributed by atoms with E-state index in [1.54, 1.807) is 42.3 Å². The Morgan fingerprint density at radius 3 is 2.42 bits per heavy atom. The maximum absolute atomic E-state index is 11.8. The zero-order valence-corrected chi connectivity index (χ0v) is 14.3. The number of phenols is 1. The van der Waals surface area contributed by atoms with Crippen LogP contribution < -0.4 is 4.90 Å². The highest BCUT2D eigenvalue weighted by Crippen LogP contribution is 2.23. The number of hydrogen-bond acceptors (Lipinski definition) is 5. The lowest BCUT2D eigenvalue weighted by Crippen LogP contribution is -2.40. The molecule has 1 aromatic heterocycles. The summed E-state index contributed by atoms with van der Waals surface area (Å²) in [7, 11) is 1.71. The molecule has 0 radical (unpaired) electrons. The first-order chi connectivity index (χ1) is 12.5. The Labute approximate surface area is 151 Å². The summed E-state index contributed by atoms with van der Waals surface area (Å²) in [5.74, 6) is -0.221. The highest BCUT2D eigenvalue weighted by molar-refractivity contribution is 5.78. The molecule has 0 aliphatic heterocycles. The number of likely N-dealkylation sites (N-methyl/N-ethyl adjacent to an activating group) is 1. The maximum Gasteiger partial charge on any atom is 0.326 e. The fourth-order valence-corrected chi connectivity index (χ4v) is 2.72. The molecular formula is C20H19N3O3. The van der Waals surface area contributed by atoms with Gasteiger partial charge in [-0.25, -0.2) is 14.8 Å². The smallest absolute Gasteiger partial charge is 0.326 e. The van der Waals surface area contributed by atoms with E-state index in [1.165, 1.54) is 6.33 Å². The molecule has 6 heteroatoms. The number of carboxylic acid groups (broad SMARTS) is 1. The van der Waals surface area contributed by atoms with Gasteiger partial charge in [0, 0.05) is 25.1 Å². The van der Waals surface area contributed by atoms with Crippen molar-refractivity contribution < 1.29 is 15.0 Å². The number of rotatable bonds is 6. The Bertz CT molecular complexity index is 882. The van der Waals surface area contributed by atoms with E-state index in [1.807, 2.05) is 30.3 Å². The minimum Gasteiger partial charge on any atom is -0.508 e. The molecule has 0 amide bonds. The molecule has 3 rings (SSSR count). The number of aliphatic carboxylic acids is 1. The van der Waals surface area contributed by atoms with Crippen LogP contribution in [0.2, 0.25) is 0 Å². The first-order valence-electron chi connectivity index (χ1n) is 8.15. The average molecular weight is 349 g/mol. The molecule has 3 aromatic rings. The monoisotopic (exact) mass is 349 g/mol. The summed E-state index contributed by atoms with van der Waals surface area (Å²) in [5, 5.41) is 19.1. The van der Waals surface area contributed by atoms with Crippen molar-refractivity contribution in [3.63, 3.8) is 0 Å². The molecule has 0 saturated heterocycles. The van der Waals surface area contributed by atoms with Gasteiger partial charge in [0.25, 0.3) is 0 Å². The number of aromatic nitrogens is 2. The molecule has 2 N–H and O–H groups in total. The van der Waals surface area contributed by atoms with Gasteiger partial charge in [-0.1, -0.05) is 30.3 Å². The number of aromatic hydroxyl groups is 1. The summed E-state index contributed by atoms with van der Waals surface area (Å²) in [6.45, 7) is 0. The average Bonchev–Trinajstić information content (AvgIpc) is 2.67. The van der Waals surface area contributed by atoms with Gasteiger partial charge in [-0.2, -0.15) is 0 Å². The summed E-state index contributed by atoms with van der Waals surface area (Å²) >= 11 is 0. The lowest BCUT2D eigenvalue weighted by molar-refractivity contribution is -0.138. The lowest BCUT2D eigenvalue weighted by Gasteiger charge is -2.26. The Morgan fingerprint density at radius 2 is 1.77 bits per heavy atom. The van der Waals surface area contributed by atoms with Crippen LogP contribution in [0.25, 0.3) is 11.3 Å². The van der Waals surface area contributed by atoms with Crippen molar-refractivity contribution in [3.05, 3.63) is 72.6 Å². The van der Waals surface area contributed by atoms with Gasteiger partial charge in [0.15, 0.2) is 0 Å². The topological polar surface area (TPSA) is 86.5 Å². The van der Waals surface area contributed by atoms with Crippen LogP contribution in [0.5, 0.6) is 5.75 Å². The molecule has 0 saturated carbocycles. The normalized spacial score (nSPS) is 11.7. The summed E-state index contributed by atoms with van der Waals surface area (Å²) in [6, 6.07) is 17.2. The van der Waals surface area contributed by atoms with Gasteiger partial charge >= 0.3 is 5.97 Å². The van der Waals surface area contributed by atoms with Gasteiger partial charge in [-0.3, -0.25) is 0 Å². The van der Waals surface area contributed by atoms with Gasteiger partial charge in [-0.15, -0.1) is 0 Å². The second-order valence-corrected chi connectivity index (χ2v) is 5.96. The number of hydrogen-bond donors (Lipinski definition) is 2. The molecule has 132 valence electrons. The fraction of sp³-hybridized carbons (Fsp3) is 0.150. The van der Waals surface area contributed by atoms with Crippen molar-refractivity contribution >= 4 is 11.8 Å². The van der Waals surface area contributed by atoms with Crippen molar-refractivity contribution in [2.45, 2.75) is 12.5 Å². The number of benzene rings is 2. The molecule has 1 heterocycles. The number of phenolic OH excluding ortho intramolecular Hbond substituents is 1. The van der Waals surface area contributed by atoms with E-state index >= 15 is 0 Å².